The zero-order valence-electron chi connectivity index (χ0n) is 12.5. The van der Waals surface area contributed by atoms with Crippen molar-refractivity contribution in [1.29, 1.82) is 0 Å². The van der Waals surface area contributed by atoms with Crippen molar-refractivity contribution in [2.45, 2.75) is 19.8 Å². The quantitative estimate of drug-likeness (QED) is 0.940. The van der Waals surface area contributed by atoms with E-state index in [9.17, 15) is 0 Å². The molecule has 0 bridgehead atoms. The molecule has 0 spiro atoms. The van der Waals surface area contributed by atoms with Crippen molar-refractivity contribution in [2.24, 2.45) is 11.7 Å². The Hall–Kier alpha value is -1.94. The molecule has 0 saturated carbocycles. The molecule has 1 saturated heterocycles. The van der Waals surface area contributed by atoms with Crippen molar-refractivity contribution in [3.05, 3.63) is 42.1 Å². The number of anilines is 1. The largest absolute Gasteiger partial charge is 0.341 e. The number of piperidine rings is 1. The van der Waals surface area contributed by atoms with Gasteiger partial charge in [-0.15, -0.1) is 0 Å². The van der Waals surface area contributed by atoms with Crippen molar-refractivity contribution in [3.8, 4) is 11.3 Å². The summed E-state index contributed by atoms with van der Waals surface area (Å²) in [5.41, 5.74) is 9.14. The van der Waals surface area contributed by atoms with Gasteiger partial charge < -0.3 is 10.6 Å². The van der Waals surface area contributed by atoms with E-state index in [1.165, 1.54) is 5.56 Å². The highest BCUT2D eigenvalue weighted by molar-refractivity contribution is 5.61. The molecular weight excluding hydrogens is 260 g/mol. The van der Waals surface area contributed by atoms with Crippen LogP contribution in [0.25, 0.3) is 11.3 Å². The van der Waals surface area contributed by atoms with Crippen LogP contribution < -0.4 is 10.6 Å². The average Bonchev–Trinajstić information content (AvgIpc) is 2.55. The third kappa shape index (κ3) is 3.22. The van der Waals surface area contributed by atoms with E-state index in [4.69, 9.17) is 10.7 Å². The summed E-state index contributed by atoms with van der Waals surface area (Å²) >= 11 is 0. The van der Waals surface area contributed by atoms with E-state index < -0.39 is 0 Å². The van der Waals surface area contributed by atoms with Gasteiger partial charge in [-0.1, -0.05) is 23.8 Å². The molecule has 0 amide bonds. The van der Waals surface area contributed by atoms with Crippen LogP contribution in [0.4, 0.5) is 5.95 Å². The second kappa shape index (κ2) is 6.22. The first-order chi connectivity index (χ1) is 10.3. The molecule has 1 aliphatic heterocycles. The lowest BCUT2D eigenvalue weighted by Crippen LogP contribution is -2.37. The molecule has 0 atom stereocenters. The molecule has 21 heavy (non-hydrogen) atoms. The third-order valence-corrected chi connectivity index (χ3v) is 4.19. The normalized spacial score (nSPS) is 16.2. The Labute approximate surface area is 126 Å². The number of benzene rings is 1. The maximum Gasteiger partial charge on any atom is 0.225 e. The highest BCUT2D eigenvalue weighted by atomic mass is 15.2. The van der Waals surface area contributed by atoms with Crippen LogP contribution in [0.5, 0.6) is 0 Å². The minimum absolute atomic E-state index is 0.654. The van der Waals surface area contributed by atoms with E-state index in [1.807, 2.05) is 12.3 Å². The molecular formula is C17H22N4. The van der Waals surface area contributed by atoms with Crippen LogP contribution in [0.3, 0.4) is 0 Å². The lowest BCUT2D eigenvalue weighted by Gasteiger charge is -2.31. The first kappa shape index (κ1) is 14.0. The number of rotatable bonds is 3. The van der Waals surface area contributed by atoms with Crippen molar-refractivity contribution in [2.75, 3.05) is 24.5 Å². The summed E-state index contributed by atoms with van der Waals surface area (Å²) < 4.78 is 0. The summed E-state index contributed by atoms with van der Waals surface area (Å²) in [6.45, 7) is 4.89. The molecule has 0 unspecified atom stereocenters. The summed E-state index contributed by atoms with van der Waals surface area (Å²) in [6, 6.07) is 10.4. The highest BCUT2D eigenvalue weighted by Gasteiger charge is 2.20. The number of hydrogen-bond donors (Lipinski definition) is 1. The van der Waals surface area contributed by atoms with Crippen molar-refractivity contribution >= 4 is 5.95 Å². The zero-order valence-corrected chi connectivity index (χ0v) is 12.5. The monoisotopic (exact) mass is 282 g/mol. The molecule has 0 aliphatic carbocycles. The van der Waals surface area contributed by atoms with E-state index in [-0.39, 0.29) is 0 Å². The molecule has 2 heterocycles. The minimum Gasteiger partial charge on any atom is -0.341 e. The summed E-state index contributed by atoms with van der Waals surface area (Å²) in [4.78, 5) is 11.5. The SMILES string of the molecule is Cc1cccc(-c2ccnc(N3CCC(CN)CC3)n2)c1. The van der Waals surface area contributed by atoms with E-state index in [2.05, 4.69) is 41.1 Å². The predicted molar refractivity (Wildman–Crippen MR) is 86.2 cm³/mol. The average molecular weight is 282 g/mol. The molecule has 0 radical (unpaired) electrons. The topological polar surface area (TPSA) is 55.0 Å². The fraction of sp³-hybridized carbons (Fsp3) is 0.412. The lowest BCUT2D eigenvalue weighted by molar-refractivity contribution is 0.411. The van der Waals surface area contributed by atoms with Gasteiger partial charge in [0.15, 0.2) is 0 Å². The Morgan fingerprint density at radius 1 is 1.24 bits per heavy atom. The van der Waals surface area contributed by atoms with E-state index in [0.717, 1.165) is 49.7 Å². The number of aromatic nitrogens is 2. The van der Waals surface area contributed by atoms with Crippen LogP contribution in [0.15, 0.2) is 36.5 Å². The molecule has 1 fully saturated rings. The number of nitrogens with two attached hydrogens (primary N) is 1. The maximum atomic E-state index is 5.75. The fourth-order valence-corrected chi connectivity index (χ4v) is 2.83. The van der Waals surface area contributed by atoms with Crippen molar-refractivity contribution in [3.63, 3.8) is 0 Å². The molecule has 2 N–H and O–H groups in total. The summed E-state index contributed by atoms with van der Waals surface area (Å²) in [6.07, 6.45) is 4.12. The zero-order chi connectivity index (χ0) is 14.7. The molecule has 1 aromatic carbocycles. The summed E-state index contributed by atoms with van der Waals surface area (Å²) in [5.74, 6) is 1.49. The van der Waals surface area contributed by atoms with Crippen LogP contribution in [0.2, 0.25) is 0 Å². The van der Waals surface area contributed by atoms with Gasteiger partial charge in [0.25, 0.3) is 0 Å². The lowest BCUT2D eigenvalue weighted by atomic mass is 9.97. The predicted octanol–water partition coefficient (Wildman–Crippen LogP) is 2.63. The van der Waals surface area contributed by atoms with E-state index in [1.54, 1.807) is 0 Å². The fourth-order valence-electron chi connectivity index (χ4n) is 2.83. The van der Waals surface area contributed by atoms with Crippen LogP contribution >= 0.6 is 0 Å². The van der Waals surface area contributed by atoms with Crippen LogP contribution in [-0.2, 0) is 0 Å². The van der Waals surface area contributed by atoms with Crippen molar-refractivity contribution < 1.29 is 0 Å². The number of hydrogen-bond acceptors (Lipinski definition) is 4. The Morgan fingerprint density at radius 2 is 2.05 bits per heavy atom. The van der Waals surface area contributed by atoms with Crippen LogP contribution in [0, 0.1) is 12.8 Å². The second-order valence-corrected chi connectivity index (χ2v) is 5.78. The Bertz CT molecular complexity index is 603. The number of aryl methyl sites for hydroxylation is 1. The maximum absolute atomic E-state index is 5.75. The van der Waals surface area contributed by atoms with E-state index in [0.29, 0.717) is 5.92 Å². The Balaban J connectivity index is 1.81. The Kier molecular flexibility index (Phi) is 4.15. The summed E-state index contributed by atoms with van der Waals surface area (Å²) in [5, 5.41) is 0. The van der Waals surface area contributed by atoms with Gasteiger partial charge in [-0.3, -0.25) is 0 Å². The van der Waals surface area contributed by atoms with Crippen LogP contribution in [-0.4, -0.2) is 29.6 Å². The van der Waals surface area contributed by atoms with Gasteiger partial charge in [-0.05, 0) is 44.4 Å². The first-order valence-corrected chi connectivity index (χ1v) is 7.61. The molecule has 4 nitrogen and oxygen atoms in total. The first-order valence-electron chi connectivity index (χ1n) is 7.61. The highest BCUT2D eigenvalue weighted by Crippen LogP contribution is 2.23. The van der Waals surface area contributed by atoms with Gasteiger partial charge in [0.2, 0.25) is 5.95 Å². The van der Waals surface area contributed by atoms with E-state index >= 15 is 0 Å². The van der Waals surface area contributed by atoms with Gasteiger partial charge in [0.1, 0.15) is 0 Å². The van der Waals surface area contributed by atoms with Gasteiger partial charge in [0, 0.05) is 24.8 Å². The molecule has 3 rings (SSSR count). The molecule has 1 aromatic heterocycles. The molecule has 110 valence electrons. The van der Waals surface area contributed by atoms with Gasteiger partial charge >= 0.3 is 0 Å². The van der Waals surface area contributed by atoms with Gasteiger partial charge in [0.05, 0.1) is 5.69 Å². The van der Waals surface area contributed by atoms with Crippen molar-refractivity contribution in [1.82, 2.24) is 9.97 Å². The summed E-state index contributed by atoms with van der Waals surface area (Å²) in [7, 11) is 0. The third-order valence-electron chi connectivity index (χ3n) is 4.19. The smallest absolute Gasteiger partial charge is 0.225 e. The van der Waals surface area contributed by atoms with Crippen LogP contribution in [0.1, 0.15) is 18.4 Å². The van der Waals surface area contributed by atoms with Gasteiger partial charge in [-0.25, -0.2) is 9.97 Å². The molecule has 2 aromatic rings. The minimum atomic E-state index is 0.654. The second-order valence-electron chi connectivity index (χ2n) is 5.78. The standard InChI is InChI=1S/C17H22N4/c1-13-3-2-4-15(11-13)16-5-8-19-17(20-16)21-9-6-14(12-18)7-10-21/h2-5,8,11,14H,6-7,9-10,12,18H2,1H3. The number of nitrogens with zero attached hydrogens (tertiary/aromatic N) is 3. The Morgan fingerprint density at radius 3 is 2.76 bits per heavy atom. The van der Waals surface area contributed by atoms with Gasteiger partial charge in [-0.2, -0.15) is 0 Å². The molecule has 1 aliphatic rings. The molecule has 4 heteroatoms.